The van der Waals surface area contributed by atoms with Crippen LogP contribution in [0.2, 0.25) is 0 Å². The molecule has 0 aliphatic carbocycles. The normalized spacial score (nSPS) is 17.8. The molecule has 0 saturated carbocycles. The van der Waals surface area contributed by atoms with Crippen LogP contribution in [0.5, 0.6) is 0 Å². The lowest BCUT2D eigenvalue weighted by Crippen LogP contribution is -2.43. The number of anilines is 1. The Morgan fingerprint density at radius 3 is 2.96 bits per heavy atom. The topological polar surface area (TPSA) is 84.7 Å². The van der Waals surface area contributed by atoms with Gasteiger partial charge in [0.25, 0.3) is 5.69 Å². The van der Waals surface area contributed by atoms with Gasteiger partial charge >= 0.3 is 6.03 Å². The molecule has 1 fully saturated rings. The van der Waals surface area contributed by atoms with Gasteiger partial charge in [0.05, 0.1) is 11.5 Å². The molecule has 1 heterocycles. The SMILES string of the molecule is CCc1ccc(NC(=O)N2CCC[C@@H](COC)C2)cc1[N+](=O)[O-]. The molecule has 0 unspecified atom stereocenters. The maximum atomic E-state index is 12.4. The van der Waals surface area contributed by atoms with Crippen LogP contribution < -0.4 is 5.32 Å². The molecule has 1 aliphatic heterocycles. The van der Waals surface area contributed by atoms with Crippen LogP contribution >= 0.6 is 0 Å². The highest BCUT2D eigenvalue weighted by Gasteiger charge is 2.24. The first-order valence-corrected chi connectivity index (χ1v) is 7.87. The fraction of sp³-hybridized carbons (Fsp3) is 0.562. The number of carbonyl (C=O) groups is 1. The Bertz CT molecular complexity index is 574. The summed E-state index contributed by atoms with van der Waals surface area (Å²) in [7, 11) is 1.66. The van der Waals surface area contributed by atoms with Crippen molar-refractivity contribution in [2.45, 2.75) is 26.2 Å². The van der Waals surface area contributed by atoms with E-state index in [1.165, 1.54) is 6.07 Å². The van der Waals surface area contributed by atoms with Crippen LogP contribution in [0.3, 0.4) is 0 Å². The lowest BCUT2D eigenvalue weighted by atomic mass is 9.99. The average Bonchev–Trinajstić information content (AvgIpc) is 2.55. The highest BCUT2D eigenvalue weighted by Crippen LogP contribution is 2.24. The number of nitro groups is 1. The van der Waals surface area contributed by atoms with Crippen LogP contribution in [0.15, 0.2) is 18.2 Å². The highest BCUT2D eigenvalue weighted by atomic mass is 16.6. The first kappa shape index (κ1) is 17.2. The highest BCUT2D eigenvalue weighted by molar-refractivity contribution is 5.89. The Morgan fingerprint density at radius 2 is 2.30 bits per heavy atom. The van der Waals surface area contributed by atoms with Crippen molar-refractivity contribution in [2.75, 3.05) is 32.1 Å². The van der Waals surface area contributed by atoms with E-state index in [0.717, 1.165) is 12.8 Å². The minimum atomic E-state index is -0.413. The van der Waals surface area contributed by atoms with E-state index in [2.05, 4.69) is 5.32 Å². The molecule has 23 heavy (non-hydrogen) atoms. The zero-order valence-corrected chi connectivity index (χ0v) is 13.6. The lowest BCUT2D eigenvalue weighted by molar-refractivity contribution is -0.385. The molecule has 0 aromatic heterocycles. The summed E-state index contributed by atoms with van der Waals surface area (Å²) in [5.41, 5.74) is 1.15. The standard InChI is InChI=1S/C16H23N3O4/c1-3-13-6-7-14(9-15(13)19(21)22)17-16(20)18-8-4-5-12(10-18)11-23-2/h6-7,9,12H,3-5,8,10-11H2,1-2H3,(H,17,20)/t12-/m1/s1. The summed E-state index contributed by atoms with van der Waals surface area (Å²) in [5, 5.41) is 13.9. The number of amides is 2. The largest absolute Gasteiger partial charge is 0.384 e. The van der Waals surface area contributed by atoms with Gasteiger partial charge in [-0.05, 0) is 25.3 Å². The maximum Gasteiger partial charge on any atom is 0.321 e. The number of rotatable bonds is 5. The van der Waals surface area contributed by atoms with E-state index >= 15 is 0 Å². The summed E-state index contributed by atoms with van der Waals surface area (Å²) < 4.78 is 5.16. The van der Waals surface area contributed by atoms with Crippen LogP contribution in [0.1, 0.15) is 25.3 Å². The third-order valence-corrected chi connectivity index (χ3v) is 4.12. The van der Waals surface area contributed by atoms with Crippen LogP contribution in [0.4, 0.5) is 16.2 Å². The first-order chi connectivity index (χ1) is 11.0. The van der Waals surface area contributed by atoms with E-state index < -0.39 is 4.92 Å². The minimum Gasteiger partial charge on any atom is -0.384 e. The molecule has 0 bridgehead atoms. The van der Waals surface area contributed by atoms with E-state index in [1.807, 2.05) is 6.92 Å². The van der Waals surface area contributed by atoms with Gasteiger partial charge in [0.1, 0.15) is 0 Å². The fourth-order valence-corrected chi connectivity index (χ4v) is 2.93. The molecule has 0 radical (unpaired) electrons. The lowest BCUT2D eigenvalue weighted by Gasteiger charge is -2.32. The second kappa shape index (κ2) is 7.92. The van der Waals surface area contributed by atoms with E-state index in [9.17, 15) is 14.9 Å². The molecule has 7 nitrogen and oxygen atoms in total. The van der Waals surface area contributed by atoms with Crippen molar-refractivity contribution in [3.05, 3.63) is 33.9 Å². The van der Waals surface area contributed by atoms with Gasteiger partial charge in [0.2, 0.25) is 0 Å². The number of likely N-dealkylation sites (tertiary alicyclic amines) is 1. The molecule has 1 atom stereocenters. The number of nitrogens with zero attached hydrogens (tertiary/aromatic N) is 2. The van der Waals surface area contributed by atoms with Gasteiger partial charge in [-0.1, -0.05) is 13.0 Å². The molecule has 1 aromatic rings. The van der Waals surface area contributed by atoms with Crippen molar-refractivity contribution in [1.29, 1.82) is 0 Å². The molecule has 1 aromatic carbocycles. The predicted octanol–water partition coefficient (Wildman–Crippen LogP) is 3.05. The van der Waals surface area contributed by atoms with Crippen molar-refractivity contribution in [1.82, 2.24) is 4.90 Å². The average molecular weight is 321 g/mol. The molecule has 7 heteroatoms. The molecular formula is C16H23N3O4. The summed E-state index contributed by atoms with van der Waals surface area (Å²) in [6, 6.07) is 4.61. The number of hydrogen-bond acceptors (Lipinski definition) is 4. The number of piperidine rings is 1. The zero-order valence-electron chi connectivity index (χ0n) is 13.6. The predicted molar refractivity (Wildman–Crippen MR) is 87.7 cm³/mol. The summed E-state index contributed by atoms with van der Waals surface area (Å²) in [4.78, 5) is 24.8. The van der Waals surface area contributed by atoms with Gasteiger partial charge in [0.15, 0.2) is 0 Å². The summed E-state index contributed by atoms with van der Waals surface area (Å²) in [6.07, 6.45) is 2.57. The Hall–Kier alpha value is -2.15. The van der Waals surface area contributed by atoms with Crippen LogP contribution in [-0.2, 0) is 11.2 Å². The molecule has 2 amide bonds. The minimum absolute atomic E-state index is 0.0428. The number of urea groups is 1. The number of ether oxygens (including phenoxy) is 1. The number of methoxy groups -OCH3 is 1. The third-order valence-electron chi connectivity index (χ3n) is 4.12. The number of carbonyl (C=O) groups excluding carboxylic acids is 1. The second-order valence-corrected chi connectivity index (χ2v) is 5.79. The Kier molecular flexibility index (Phi) is 5.92. The molecule has 2 rings (SSSR count). The van der Waals surface area contributed by atoms with Crippen molar-refractivity contribution in [2.24, 2.45) is 5.92 Å². The van der Waals surface area contributed by atoms with Gasteiger partial charge in [-0.2, -0.15) is 0 Å². The summed E-state index contributed by atoms with van der Waals surface area (Å²) >= 11 is 0. The molecule has 126 valence electrons. The molecular weight excluding hydrogens is 298 g/mol. The van der Waals surface area contributed by atoms with E-state index in [-0.39, 0.29) is 11.7 Å². The Balaban J connectivity index is 2.05. The molecule has 1 N–H and O–H groups in total. The molecule has 0 spiro atoms. The molecule has 1 aliphatic rings. The maximum absolute atomic E-state index is 12.4. The van der Waals surface area contributed by atoms with Crippen LogP contribution in [0, 0.1) is 16.0 Å². The first-order valence-electron chi connectivity index (χ1n) is 7.87. The van der Waals surface area contributed by atoms with Gasteiger partial charge < -0.3 is 15.0 Å². The second-order valence-electron chi connectivity index (χ2n) is 5.79. The Morgan fingerprint density at radius 1 is 1.52 bits per heavy atom. The summed E-state index contributed by atoms with van der Waals surface area (Å²) in [5.74, 6) is 0.344. The number of nitrogens with one attached hydrogen (secondary N) is 1. The number of nitro benzene ring substituents is 1. The van der Waals surface area contributed by atoms with Crippen molar-refractivity contribution in [3.8, 4) is 0 Å². The van der Waals surface area contributed by atoms with Gasteiger partial charge in [-0.15, -0.1) is 0 Å². The monoisotopic (exact) mass is 321 g/mol. The summed E-state index contributed by atoms with van der Waals surface area (Å²) in [6.45, 7) is 3.85. The molecule has 1 saturated heterocycles. The van der Waals surface area contributed by atoms with E-state index in [1.54, 1.807) is 24.1 Å². The van der Waals surface area contributed by atoms with Gasteiger partial charge in [-0.25, -0.2) is 4.79 Å². The smallest absolute Gasteiger partial charge is 0.321 e. The Labute approximate surface area is 135 Å². The quantitative estimate of drug-likeness (QED) is 0.667. The van der Waals surface area contributed by atoms with Crippen molar-refractivity contribution >= 4 is 17.4 Å². The third kappa shape index (κ3) is 4.41. The van der Waals surface area contributed by atoms with Gasteiger partial charge in [-0.3, -0.25) is 10.1 Å². The zero-order chi connectivity index (χ0) is 16.8. The van der Waals surface area contributed by atoms with E-state index in [0.29, 0.717) is 43.3 Å². The number of aryl methyl sites for hydroxylation is 1. The van der Waals surface area contributed by atoms with Crippen molar-refractivity contribution < 1.29 is 14.5 Å². The van der Waals surface area contributed by atoms with Crippen LogP contribution in [0.25, 0.3) is 0 Å². The van der Waals surface area contributed by atoms with Crippen molar-refractivity contribution in [3.63, 3.8) is 0 Å². The number of hydrogen-bond donors (Lipinski definition) is 1. The van der Waals surface area contributed by atoms with E-state index in [4.69, 9.17) is 4.74 Å². The number of benzene rings is 1. The van der Waals surface area contributed by atoms with Gasteiger partial charge in [0, 0.05) is 43.4 Å². The van der Waals surface area contributed by atoms with Crippen LogP contribution in [-0.4, -0.2) is 42.7 Å². The fourth-order valence-electron chi connectivity index (χ4n) is 2.93.